The highest BCUT2D eigenvalue weighted by atomic mass is 16.2. The number of nitrogens with zero attached hydrogens (tertiary/aromatic N) is 1. The second-order valence-corrected chi connectivity index (χ2v) is 6.29. The first-order valence-corrected chi connectivity index (χ1v) is 7.83. The molecule has 2 rings (SSSR count). The van der Waals surface area contributed by atoms with Crippen LogP contribution in [0, 0.1) is 5.92 Å². The Morgan fingerprint density at radius 3 is 2.95 bits per heavy atom. The molecule has 0 radical (unpaired) electrons. The van der Waals surface area contributed by atoms with Gasteiger partial charge in [-0.15, -0.1) is 0 Å². The van der Waals surface area contributed by atoms with Crippen LogP contribution in [-0.4, -0.2) is 37.5 Å². The van der Waals surface area contributed by atoms with Crippen LogP contribution in [0.5, 0.6) is 0 Å². The average molecular weight is 289 g/mol. The number of carbonyl (C=O) groups excluding carboxylic acids is 1. The van der Waals surface area contributed by atoms with Crippen molar-refractivity contribution in [2.24, 2.45) is 5.92 Å². The van der Waals surface area contributed by atoms with Gasteiger partial charge in [-0.2, -0.15) is 0 Å². The zero-order chi connectivity index (χ0) is 15.2. The summed E-state index contributed by atoms with van der Waals surface area (Å²) in [6.45, 7) is 7.31. The molecule has 0 spiro atoms. The molecule has 1 aromatic carbocycles. The number of carbonyl (C=O) groups is 1. The number of nitrogens with one attached hydrogen (secondary N) is 2. The molecular weight excluding hydrogens is 262 g/mol. The third-order valence-electron chi connectivity index (χ3n) is 3.96. The zero-order valence-electron chi connectivity index (χ0n) is 13.4. The number of hydrogen-bond acceptors (Lipinski definition) is 3. The number of rotatable bonds is 5. The maximum absolute atomic E-state index is 12.0. The third-order valence-corrected chi connectivity index (χ3v) is 3.96. The van der Waals surface area contributed by atoms with E-state index in [-0.39, 0.29) is 5.91 Å². The first-order valence-electron chi connectivity index (χ1n) is 7.83. The standard InChI is InChI=1S/C17H27N3O/c1-13(2)10-19-17(21)12-20(3)16-8-9-18-11-14-6-4-5-7-15(14)16/h4-7,13,16,18H,8-12H2,1-3H3,(H,19,21). The van der Waals surface area contributed by atoms with Crippen LogP contribution >= 0.6 is 0 Å². The third kappa shape index (κ3) is 4.55. The van der Waals surface area contributed by atoms with E-state index in [1.807, 2.05) is 7.05 Å². The summed E-state index contributed by atoms with van der Waals surface area (Å²) < 4.78 is 0. The Morgan fingerprint density at radius 2 is 2.19 bits per heavy atom. The summed E-state index contributed by atoms with van der Waals surface area (Å²) in [7, 11) is 2.04. The van der Waals surface area contributed by atoms with E-state index >= 15 is 0 Å². The smallest absolute Gasteiger partial charge is 0.234 e. The average Bonchev–Trinajstić information content (AvgIpc) is 2.67. The lowest BCUT2D eigenvalue weighted by Crippen LogP contribution is -2.38. The molecule has 4 heteroatoms. The van der Waals surface area contributed by atoms with Gasteiger partial charge >= 0.3 is 0 Å². The van der Waals surface area contributed by atoms with E-state index in [4.69, 9.17) is 0 Å². The summed E-state index contributed by atoms with van der Waals surface area (Å²) in [5.74, 6) is 0.600. The molecule has 21 heavy (non-hydrogen) atoms. The molecule has 1 heterocycles. The molecule has 0 bridgehead atoms. The number of amides is 1. The molecule has 0 fully saturated rings. The summed E-state index contributed by atoms with van der Waals surface area (Å²) in [5.41, 5.74) is 2.69. The topological polar surface area (TPSA) is 44.4 Å². The van der Waals surface area contributed by atoms with E-state index in [0.717, 1.165) is 26.1 Å². The number of hydrogen-bond donors (Lipinski definition) is 2. The fourth-order valence-corrected chi connectivity index (χ4v) is 2.81. The van der Waals surface area contributed by atoms with E-state index in [1.165, 1.54) is 11.1 Å². The van der Waals surface area contributed by atoms with Crippen molar-refractivity contribution < 1.29 is 4.79 Å². The van der Waals surface area contributed by atoms with Gasteiger partial charge < -0.3 is 10.6 Å². The molecule has 0 saturated carbocycles. The molecule has 0 aromatic heterocycles. The summed E-state index contributed by atoms with van der Waals surface area (Å²) >= 11 is 0. The highest BCUT2D eigenvalue weighted by Crippen LogP contribution is 2.27. The molecule has 1 aliphatic rings. The minimum absolute atomic E-state index is 0.112. The van der Waals surface area contributed by atoms with Gasteiger partial charge in [-0.05, 0) is 37.1 Å². The Kier molecular flexibility index (Phi) is 5.76. The number of fused-ring (bicyclic) bond motifs is 1. The van der Waals surface area contributed by atoms with Crippen LogP contribution in [0.2, 0.25) is 0 Å². The van der Waals surface area contributed by atoms with E-state index in [1.54, 1.807) is 0 Å². The van der Waals surface area contributed by atoms with E-state index in [9.17, 15) is 4.79 Å². The summed E-state index contributed by atoms with van der Waals surface area (Å²) in [6, 6.07) is 8.84. The number of likely N-dealkylation sites (N-methyl/N-ethyl adjacent to an activating group) is 1. The van der Waals surface area contributed by atoms with Crippen molar-refractivity contribution in [3.63, 3.8) is 0 Å². The van der Waals surface area contributed by atoms with Crippen LogP contribution in [-0.2, 0) is 11.3 Å². The van der Waals surface area contributed by atoms with E-state index < -0.39 is 0 Å². The lowest BCUT2D eigenvalue weighted by molar-refractivity contribution is -0.122. The molecule has 0 saturated heterocycles. The maximum atomic E-state index is 12.0. The fraction of sp³-hybridized carbons (Fsp3) is 0.588. The minimum Gasteiger partial charge on any atom is -0.355 e. The van der Waals surface area contributed by atoms with Crippen molar-refractivity contribution in [2.45, 2.75) is 32.9 Å². The molecule has 2 N–H and O–H groups in total. The van der Waals surface area contributed by atoms with Gasteiger partial charge in [-0.1, -0.05) is 38.1 Å². The monoisotopic (exact) mass is 289 g/mol. The Bertz CT molecular complexity index is 473. The van der Waals surface area contributed by atoms with Gasteiger partial charge in [0.25, 0.3) is 0 Å². The van der Waals surface area contributed by atoms with Crippen LogP contribution in [0.25, 0.3) is 0 Å². The predicted octanol–water partition coefficient (Wildman–Crippen LogP) is 1.93. The second-order valence-electron chi connectivity index (χ2n) is 6.29. The Labute approximate surface area is 127 Å². The summed E-state index contributed by atoms with van der Waals surface area (Å²) in [6.07, 6.45) is 1.03. The van der Waals surface area contributed by atoms with Crippen molar-refractivity contribution in [3.8, 4) is 0 Å². The molecule has 1 atom stereocenters. The molecule has 0 aliphatic carbocycles. The van der Waals surface area contributed by atoms with Gasteiger partial charge in [0.05, 0.1) is 6.54 Å². The van der Waals surface area contributed by atoms with Gasteiger partial charge in [0.15, 0.2) is 0 Å². The lowest BCUT2D eigenvalue weighted by Gasteiger charge is -2.28. The Hall–Kier alpha value is -1.39. The minimum atomic E-state index is 0.112. The van der Waals surface area contributed by atoms with Crippen molar-refractivity contribution in [2.75, 3.05) is 26.7 Å². The number of benzene rings is 1. The Morgan fingerprint density at radius 1 is 1.43 bits per heavy atom. The molecule has 1 aliphatic heterocycles. The largest absolute Gasteiger partial charge is 0.355 e. The van der Waals surface area contributed by atoms with Gasteiger partial charge in [-0.3, -0.25) is 9.69 Å². The van der Waals surface area contributed by atoms with Crippen molar-refractivity contribution in [1.82, 2.24) is 15.5 Å². The van der Waals surface area contributed by atoms with E-state index in [0.29, 0.717) is 18.5 Å². The van der Waals surface area contributed by atoms with Gasteiger partial charge in [0.1, 0.15) is 0 Å². The second kappa shape index (κ2) is 7.57. The lowest BCUT2D eigenvalue weighted by atomic mass is 9.98. The highest BCUT2D eigenvalue weighted by Gasteiger charge is 2.23. The molecule has 4 nitrogen and oxygen atoms in total. The normalized spacial score (nSPS) is 18.4. The van der Waals surface area contributed by atoms with Crippen LogP contribution in [0.4, 0.5) is 0 Å². The Balaban J connectivity index is 2.01. The van der Waals surface area contributed by atoms with Crippen molar-refractivity contribution in [3.05, 3.63) is 35.4 Å². The highest BCUT2D eigenvalue weighted by molar-refractivity contribution is 5.78. The van der Waals surface area contributed by atoms with Crippen LogP contribution in [0.3, 0.4) is 0 Å². The maximum Gasteiger partial charge on any atom is 0.234 e. The predicted molar refractivity (Wildman–Crippen MR) is 86.0 cm³/mol. The van der Waals surface area contributed by atoms with Crippen LogP contribution in [0.15, 0.2) is 24.3 Å². The molecule has 1 unspecified atom stereocenters. The first kappa shape index (κ1) is 16.0. The molecule has 1 amide bonds. The summed E-state index contributed by atoms with van der Waals surface area (Å²) in [5, 5.41) is 6.45. The van der Waals surface area contributed by atoms with Gasteiger partial charge in [-0.25, -0.2) is 0 Å². The summed E-state index contributed by atoms with van der Waals surface area (Å²) in [4.78, 5) is 14.2. The van der Waals surface area contributed by atoms with Gasteiger partial charge in [0.2, 0.25) is 5.91 Å². The van der Waals surface area contributed by atoms with Crippen molar-refractivity contribution >= 4 is 5.91 Å². The van der Waals surface area contributed by atoms with Crippen LogP contribution < -0.4 is 10.6 Å². The van der Waals surface area contributed by atoms with E-state index in [2.05, 4.69) is 53.6 Å². The van der Waals surface area contributed by atoms with Crippen molar-refractivity contribution in [1.29, 1.82) is 0 Å². The fourth-order valence-electron chi connectivity index (χ4n) is 2.81. The first-order chi connectivity index (χ1) is 10.1. The molecule has 1 aromatic rings. The quantitative estimate of drug-likeness (QED) is 0.870. The SMILES string of the molecule is CC(C)CNC(=O)CN(C)C1CCNCc2ccccc21. The van der Waals surface area contributed by atoms with Crippen LogP contribution in [0.1, 0.15) is 37.4 Å². The molecular formula is C17H27N3O. The zero-order valence-corrected chi connectivity index (χ0v) is 13.4. The molecule has 116 valence electrons. The van der Waals surface area contributed by atoms with Gasteiger partial charge in [0, 0.05) is 19.1 Å².